The first kappa shape index (κ1) is 10.5. The second-order valence-electron chi connectivity index (χ2n) is 3.84. The number of hydrogen-bond donors (Lipinski definition) is 0. The molecule has 0 atom stereocenters. The van der Waals surface area contributed by atoms with Crippen LogP contribution in [0.4, 0.5) is 0 Å². The highest BCUT2D eigenvalue weighted by atomic mass is 32.2. The van der Waals surface area contributed by atoms with Crippen LogP contribution in [0.1, 0.15) is 45.4 Å². The Kier molecular flexibility index (Phi) is 6.02. The quantitative estimate of drug-likeness (QED) is 0.468. The van der Waals surface area contributed by atoms with Crippen molar-refractivity contribution in [3.05, 3.63) is 0 Å². The zero-order valence-corrected chi connectivity index (χ0v) is 9.17. The van der Waals surface area contributed by atoms with E-state index in [4.69, 9.17) is 0 Å². The summed E-state index contributed by atoms with van der Waals surface area (Å²) in [6, 6.07) is 0. The van der Waals surface area contributed by atoms with Gasteiger partial charge in [0, 0.05) is 0 Å². The molecule has 1 heterocycles. The van der Waals surface area contributed by atoms with Crippen molar-refractivity contribution in [3.63, 3.8) is 0 Å². The van der Waals surface area contributed by atoms with Crippen LogP contribution in [0.25, 0.3) is 0 Å². The van der Waals surface area contributed by atoms with Crippen molar-refractivity contribution in [2.45, 2.75) is 58.1 Å². The first-order valence-corrected chi connectivity index (χ1v) is 6.60. The summed E-state index contributed by atoms with van der Waals surface area (Å²) >= 11 is 2.24. The van der Waals surface area contributed by atoms with Gasteiger partial charge in [0.1, 0.15) is 0 Å². The van der Waals surface area contributed by atoms with Crippen molar-refractivity contribution in [1.82, 2.24) is 0 Å². The van der Waals surface area contributed by atoms with Crippen LogP contribution >= 0.6 is 11.6 Å². The molecule has 0 radical (unpaired) electrons. The predicted octanol–water partition coefficient (Wildman–Crippen LogP) is 4.09. The fraction of sp³-hybridized carbons (Fsp3) is 1.00. The molecule has 0 aromatic carbocycles. The molecular formula is C10H21BS. The van der Waals surface area contributed by atoms with Gasteiger partial charge < -0.3 is 0 Å². The second kappa shape index (κ2) is 6.88. The highest BCUT2D eigenvalue weighted by molar-refractivity contribution is 8.25. The molecule has 0 bridgehead atoms. The molecule has 1 aliphatic rings. The minimum absolute atomic E-state index is 1.01. The molecule has 1 fully saturated rings. The molecule has 0 unspecified atom stereocenters. The smallest absolute Gasteiger partial charge is 0.209 e. The van der Waals surface area contributed by atoms with E-state index in [0.29, 0.717) is 0 Å². The second-order valence-corrected chi connectivity index (χ2v) is 5.25. The van der Waals surface area contributed by atoms with E-state index >= 15 is 0 Å². The summed E-state index contributed by atoms with van der Waals surface area (Å²) in [5, 5.41) is 0. The lowest BCUT2D eigenvalue weighted by molar-refractivity contribution is 0.720. The van der Waals surface area contributed by atoms with Crippen LogP contribution in [-0.4, -0.2) is 11.7 Å². The molecule has 1 rings (SSSR count). The molecule has 0 saturated carbocycles. The largest absolute Gasteiger partial charge is 0.210 e. The minimum Gasteiger partial charge on any atom is -0.210 e. The van der Waals surface area contributed by atoms with Crippen LogP contribution in [0.5, 0.6) is 0 Å². The van der Waals surface area contributed by atoms with Crippen molar-refractivity contribution in [2.24, 2.45) is 0 Å². The molecule has 0 aromatic rings. The van der Waals surface area contributed by atoms with E-state index in [-0.39, 0.29) is 0 Å². The topological polar surface area (TPSA) is 0 Å². The van der Waals surface area contributed by atoms with Crippen LogP contribution < -0.4 is 0 Å². The Morgan fingerprint density at radius 1 is 1.08 bits per heavy atom. The molecule has 0 nitrogen and oxygen atoms in total. The van der Waals surface area contributed by atoms with Crippen molar-refractivity contribution in [3.8, 4) is 0 Å². The van der Waals surface area contributed by atoms with Gasteiger partial charge in [-0.2, -0.15) is 0 Å². The normalized spacial score (nSPS) is 19.2. The third-order valence-corrected chi connectivity index (χ3v) is 4.12. The molecule has 70 valence electrons. The summed E-state index contributed by atoms with van der Waals surface area (Å²) in [6.07, 6.45) is 11.7. The van der Waals surface area contributed by atoms with Gasteiger partial charge in [-0.1, -0.05) is 51.7 Å². The van der Waals surface area contributed by atoms with Gasteiger partial charge in [-0.05, 0) is 12.2 Å². The van der Waals surface area contributed by atoms with Crippen molar-refractivity contribution >= 4 is 17.6 Å². The Balaban J connectivity index is 2.04. The van der Waals surface area contributed by atoms with Crippen molar-refractivity contribution in [1.29, 1.82) is 0 Å². The Labute approximate surface area is 81.9 Å². The van der Waals surface area contributed by atoms with Crippen molar-refractivity contribution in [2.75, 3.05) is 5.75 Å². The van der Waals surface area contributed by atoms with Crippen LogP contribution in [0, 0.1) is 0 Å². The Morgan fingerprint density at radius 3 is 2.33 bits per heavy atom. The minimum atomic E-state index is 1.01. The lowest BCUT2D eigenvalue weighted by atomic mass is 9.68. The maximum atomic E-state index is 2.29. The summed E-state index contributed by atoms with van der Waals surface area (Å²) in [7, 11) is 0. The third-order valence-electron chi connectivity index (χ3n) is 2.65. The zero-order chi connectivity index (χ0) is 8.65. The van der Waals surface area contributed by atoms with E-state index in [1.54, 1.807) is 0 Å². The van der Waals surface area contributed by atoms with E-state index in [2.05, 4.69) is 18.5 Å². The average Bonchev–Trinajstić information content (AvgIpc) is 2.33. The van der Waals surface area contributed by atoms with Gasteiger partial charge in [0.05, 0.1) is 0 Å². The fourth-order valence-corrected chi connectivity index (χ4v) is 3.26. The van der Waals surface area contributed by atoms with E-state index in [9.17, 15) is 0 Å². The summed E-state index contributed by atoms with van der Waals surface area (Å²) in [5.74, 6) is 2.42. The lowest BCUT2D eigenvalue weighted by Gasteiger charge is -2.08. The molecule has 0 amide bonds. The van der Waals surface area contributed by atoms with Gasteiger partial charge in [0.2, 0.25) is 5.99 Å². The van der Waals surface area contributed by atoms with Crippen LogP contribution in [-0.2, 0) is 0 Å². The number of unbranched alkanes of at least 4 members (excludes halogenated alkanes) is 1. The molecule has 12 heavy (non-hydrogen) atoms. The standard InChI is InChI=1S/C10H21BS/c1-2-3-10-12-11-8-6-4-5-7-9-11/h2-10H2,1H3. The fourth-order valence-electron chi connectivity index (χ4n) is 1.80. The van der Waals surface area contributed by atoms with Gasteiger partial charge in [0.25, 0.3) is 0 Å². The summed E-state index contributed by atoms with van der Waals surface area (Å²) in [4.78, 5) is 0. The molecule has 0 aromatic heterocycles. The summed E-state index contributed by atoms with van der Waals surface area (Å²) in [5.41, 5.74) is 0. The summed E-state index contributed by atoms with van der Waals surface area (Å²) < 4.78 is 0. The van der Waals surface area contributed by atoms with E-state index < -0.39 is 0 Å². The maximum absolute atomic E-state index is 2.29. The zero-order valence-electron chi connectivity index (χ0n) is 8.35. The van der Waals surface area contributed by atoms with Gasteiger partial charge in [-0.15, -0.1) is 0 Å². The number of rotatable bonds is 4. The van der Waals surface area contributed by atoms with Gasteiger partial charge in [-0.25, -0.2) is 11.6 Å². The molecule has 1 saturated heterocycles. The highest BCUT2D eigenvalue weighted by Crippen LogP contribution is 2.26. The van der Waals surface area contributed by atoms with Crippen molar-refractivity contribution < 1.29 is 0 Å². The molecule has 2 heteroatoms. The monoisotopic (exact) mass is 184 g/mol. The van der Waals surface area contributed by atoms with Gasteiger partial charge in [0.15, 0.2) is 0 Å². The first-order valence-electron chi connectivity index (χ1n) is 5.55. The van der Waals surface area contributed by atoms with Crippen LogP contribution in [0.15, 0.2) is 0 Å². The third kappa shape index (κ3) is 4.44. The lowest BCUT2D eigenvalue weighted by Crippen LogP contribution is -2.06. The summed E-state index contributed by atoms with van der Waals surface area (Å²) in [6.45, 7) is 2.29. The molecule has 0 N–H and O–H groups in total. The Morgan fingerprint density at radius 2 is 1.75 bits per heavy atom. The Bertz CT molecular complexity index is 98.0. The maximum Gasteiger partial charge on any atom is 0.209 e. The van der Waals surface area contributed by atoms with E-state index in [1.165, 1.54) is 56.9 Å². The molecule has 0 aliphatic carbocycles. The Hall–Kier alpha value is 0.415. The van der Waals surface area contributed by atoms with Gasteiger partial charge >= 0.3 is 0 Å². The first-order chi connectivity index (χ1) is 5.93. The highest BCUT2D eigenvalue weighted by Gasteiger charge is 2.15. The van der Waals surface area contributed by atoms with E-state index in [1.807, 2.05) is 0 Å². The molecular weight excluding hydrogens is 163 g/mol. The molecule has 1 aliphatic heterocycles. The predicted molar refractivity (Wildman–Crippen MR) is 61.2 cm³/mol. The van der Waals surface area contributed by atoms with Crippen LogP contribution in [0.2, 0.25) is 12.6 Å². The van der Waals surface area contributed by atoms with Crippen LogP contribution in [0.3, 0.4) is 0 Å². The number of hydrogen-bond acceptors (Lipinski definition) is 1. The average molecular weight is 184 g/mol. The molecule has 0 spiro atoms. The van der Waals surface area contributed by atoms with E-state index in [0.717, 1.165) is 5.99 Å². The van der Waals surface area contributed by atoms with Gasteiger partial charge in [-0.3, -0.25) is 0 Å². The SMILES string of the molecule is CCCCSB1CCCCCC1.